The summed E-state index contributed by atoms with van der Waals surface area (Å²) < 4.78 is 23.7. The number of phenolic OH excluding ortho intramolecular Hbond substituents is 1. The number of ether oxygens (including phenoxy) is 2. The average molecular weight is 375 g/mol. The Morgan fingerprint density at radius 2 is 1.89 bits per heavy atom. The van der Waals surface area contributed by atoms with Gasteiger partial charge in [-0.05, 0) is 49.4 Å². The van der Waals surface area contributed by atoms with Gasteiger partial charge in [-0.25, -0.2) is 9.38 Å². The monoisotopic (exact) mass is 375 g/mol. The standard InChI is InChI=1S/C20H26FN3O3/c1-4-22-20(23-14-15-13-18(26-3)9-10-19(15)25)24(2)11-12-27-17-7-5-16(21)6-8-17/h5-10,13,25H,4,11-12,14H2,1-3H3,(H,22,23). The lowest BCUT2D eigenvalue weighted by Crippen LogP contribution is -2.40. The third-order valence-corrected chi connectivity index (χ3v) is 3.89. The van der Waals surface area contributed by atoms with Crippen molar-refractivity contribution in [2.24, 2.45) is 4.99 Å². The van der Waals surface area contributed by atoms with E-state index in [-0.39, 0.29) is 11.6 Å². The van der Waals surface area contributed by atoms with E-state index in [1.807, 2.05) is 18.9 Å². The summed E-state index contributed by atoms with van der Waals surface area (Å²) in [5, 5.41) is 13.2. The van der Waals surface area contributed by atoms with Gasteiger partial charge < -0.3 is 24.8 Å². The maximum Gasteiger partial charge on any atom is 0.194 e. The van der Waals surface area contributed by atoms with Gasteiger partial charge in [-0.15, -0.1) is 0 Å². The second-order valence-corrected chi connectivity index (χ2v) is 5.89. The first-order valence-electron chi connectivity index (χ1n) is 8.77. The molecule has 0 spiro atoms. The Bertz CT molecular complexity index is 751. The highest BCUT2D eigenvalue weighted by molar-refractivity contribution is 5.79. The SMILES string of the molecule is CCNC(=NCc1cc(OC)ccc1O)N(C)CCOc1ccc(F)cc1. The zero-order valence-corrected chi connectivity index (χ0v) is 15.9. The summed E-state index contributed by atoms with van der Waals surface area (Å²) in [7, 11) is 3.49. The molecule has 2 aromatic carbocycles. The van der Waals surface area contributed by atoms with Crippen LogP contribution in [0.4, 0.5) is 4.39 Å². The molecule has 0 radical (unpaired) electrons. The topological polar surface area (TPSA) is 66.3 Å². The second kappa shape index (κ2) is 10.3. The number of nitrogens with one attached hydrogen (secondary N) is 1. The molecule has 0 aliphatic rings. The van der Waals surface area contributed by atoms with Crippen molar-refractivity contribution in [2.45, 2.75) is 13.5 Å². The molecule has 0 heterocycles. The number of methoxy groups -OCH3 is 1. The van der Waals surface area contributed by atoms with Gasteiger partial charge in [0.2, 0.25) is 0 Å². The minimum Gasteiger partial charge on any atom is -0.508 e. The summed E-state index contributed by atoms with van der Waals surface area (Å²) in [5.41, 5.74) is 0.681. The smallest absolute Gasteiger partial charge is 0.194 e. The van der Waals surface area contributed by atoms with Gasteiger partial charge in [0.15, 0.2) is 5.96 Å². The fraction of sp³-hybridized carbons (Fsp3) is 0.350. The molecule has 6 nitrogen and oxygen atoms in total. The van der Waals surface area contributed by atoms with E-state index >= 15 is 0 Å². The maximum atomic E-state index is 12.9. The number of benzene rings is 2. The van der Waals surface area contributed by atoms with Crippen LogP contribution in [0.15, 0.2) is 47.5 Å². The summed E-state index contributed by atoms with van der Waals surface area (Å²) in [4.78, 5) is 6.50. The van der Waals surface area contributed by atoms with Crippen LogP contribution in [0.2, 0.25) is 0 Å². The van der Waals surface area contributed by atoms with Gasteiger partial charge in [-0.3, -0.25) is 0 Å². The summed E-state index contributed by atoms with van der Waals surface area (Å²) in [6.07, 6.45) is 0. The molecule has 0 aliphatic carbocycles. The number of halogens is 1. The van der Waals surface area contributed by atoms with Crippen molar-refractivity contribution in [3.63, 3.8) is 0 Å². The van der Waals surface area contributed by atoms with E-state index in [1.54, 1.807) is 37.4 Å². The molecular weight excluding hydrogens is 349 g/mol. The lowest BCUT2D eigenvalue weighted by Gasteiger charge is -2.22. The first-order chi connectivity index (χ1) is 13.0. The Hall–Kier alpha value is -2.96. The third-order valence-electron chi connectivity index (χ3n) is 3.89. The summed E-state index contributed by atoms with van der Waals surface area (Å²) in [5.74, 6) is 1.87. The fourth-order valence-electron chi connectivity index (χ4n) is 2.38. The quantitative estimate of drug-likeness (QED) is 0.548. The van der Waals surface area contributed by atoms with E-state index in [0.29, 0.717) is 49.3 Å². The summed E-state index contributed by atoms with van der Waals surface area (Å²) in [6.45, 7) is 4.03. The molecule has 0 bridgehead atoms. The van der Waals surface area contributed by atoms with Gasteiger partial charge in [0.25, 0.3) is 0 Å². The molecular formula is C20H26FN3O3. The molecule has 146 valence electrons. The van der Waals surface area contributed by atoms with Crippen molar-refractivity contribution < 1.29 is 19.0 Å². The van der Waals surface area contributed by atoms with Gasteiger partial charge in [-0.2, -0.15) is 0 Å². The van der Waals surface area contributed by atoms with Gasteiger partial charge in [0.1, 0.15) is 29.7 Å². The van der Waals surface area contributed by atoms with E-state index in [2.05, 4.69) is 10.3 Å². The number of rotatable bonds is 8. The van der Waals surface area contributed by atoms with Crippen molar-refractivity contribution in [3.8, 4) is 17.2 Å². The predicted molar refractivity (Wildman–Crippen MR) is 104 cm³/mol. The maximum absolute atomic E-state index is 12.9. The highest BCUT2D eigenvalue weighted by Crippen LogP contribution is 2.23. The van der Waals surface area contributed by atoms with Crippen LogP contribution in [0.5, 0.6) is 17.2 Å². The number of phenols is 1. The Kier molecular flexibility index (Phi) is 7.73. The van der Waals surface area contributed by atoms with Crippen LogP contribution in [0.25, 0.3) is 0 Å². The van der Waals surface area contributed by atoms with Gasteiger partial charge in [0.05, 0.1) is 20.2 Å². The van der Waals surface area contributed by atoms with Crippen molar-refractivity contribution in [1.82, 2.24) is 10.2 Å². The number of nitrogens with zero attached hydrogens (tertiary/aromatic N) is 2. The summed E-state index contributed by atoms with van der Waals surface area (Å²) >= 11 is 0. The van der Waals surface area contributed by atoms with E-state index in [1.165, 1.54) is 12.1 Å². The first kappa shape index (κ1) is 20.4. The van der Waals surface area contributed by atoms with Crippen LogP contribution in [-0.2, 0) is 6.54 Å². The van der Waals surface area contributed by atoms with Crippen LogP contribution in [-0.4, -0.2) is 49.8 Å². The van der Waals surface area contributed by atoms with Crippen molar-refractivity contribution in [3.05, 3.63) is 53.8 Å². The van der Waals surface area contributed by atoms with Gasteiger partial charge >= 0.3 is 0 Å². The highest BCUT2D eigenvalue weighted by Gasteiger charge is 2.08. The lowest BCUT2D eigenvalue weighted by atomic mass is 10.2. The van der Waals surface area contributed by atoms with E-state index in [9.17, 15) is 9.50 Å². The molecule has 27 heavy (non-hydrogen) atoms. The van der Waals surface area contributed by atoms with Crippen LogP contribution >= 0.6 is 0 Å². The molecule has 0 aromatic heterocycles. The highest BCUT2D eigenvalue weighted by atomic mass is 19.1. The second-order valence-electron chi connectivity index (χ2n) is 5.89. The number of hydrogen-bond acceptors (Lipinski definition) is 4. The molecule has 0 saturated carbocycles. The third kappa shape index (κ3) is 6.36. The lowest BCUT2D eigenvalue weighted by molar-refractivity contribution is 0.281. The Balaban J connectivity index is 1.96. The van der Waals surface area contributed by atoms with Crippen LogP contribution < -0.4 is 14.8 Å². The molecule has 0 saturated heterocycles. The summed E-state index contributed by atoms with van der Waals surface area (Å²) in [6, 6.07) is 11.0. The molecule has 0 amide bonds. The molecule has 2 N–H and O–H groups in total. The molecule has 0 aliphatic heterocycles. The first-order valence-corrected chi connectivity index (χ1v) is 8.77. The van der Waals surface area contributed by atoms with Crippen molar-refractivity contribution in [2.75, 3.05) is 33.9 Å². The Morgan fingerprint density at radius 1 is 1.19 bits per heavy atom. The number of likely N-dealkylation sites (N-methyl/N-ethyl adjacent to an activating group) is 1. The van der Waals surface area contributed by atoms with E-state index in [0.717, 1.165) is 0 Å². The van der Waals surface area contributed by atoms with Gasteiger partial charge in [0, 0.05) is 19.2 Å². The molecule has 2 rings (SSSR count). The fourth-order valence-corrected chi connectivity index (χ4v) is 2.38. The molecule has 0 fully saturated rings. The number of aliphatic imine (C=N–C) groups is 1. The van der Waals surface area contributed by atoms with Crippen LogP contribution in [0.3, 0.4) is 0 Å². The Labute approximate surface area is 159 Å². The zero-order valence-electron chi connectivity index (χ0n) is 15.9. The number of guanidine groups is 1. The van der Waals surface area contributed by atoms with E-state index in [4.69, 9.17) is 9.47 Å². The molecule has 0 atom stereocenters. The Morgan fingerprint density at radius 3 is 2.56 bits per heavy atom. The minimum absolute atomic E-state index is 0.178. The molecule has 7 heteroatoms. The normalized spacial score (nSPS) is 11.2. The predicted octanol–water partition coefficient (Wildman–Crippen LogP) is 3.02. The van der Waals surface area contributed by atoms with Crippen LogP contribution in [0.1, 0.15) is 12.5 Å². The minimum atomic E-state index is -0.290. The van der Waals surface area contributed by atoms with Gasteiger partial charge in [-0.1, -0.05) is 0 Å². The molecule has 2 aromatic rings. The van der Waals surface area contributed by atoms with Crippen molar-refractivity contribution >= 4 is 5.96 Å². The largest absolute Gasteiger partial charge is 0.508 e. The number of hydrogen-bond donors (Lipinski definition) is 2. The van der Waals surface area contributed by atoms with Crippen LogP contribution in [0, 0.1) is 5.82 Å². The average Bonchev–Trinajstić information content (AvgIpc) is 2.67. The zero-order chi connectivity index (χ0) is 19.6. The molecule has 0 unspecified atom stereocenters. The van der Waals surface area contributed by atoms with Crippen molar-refractivity contribution in [1.29, 1.82) is 0 Å². The number of aromatic hydroxyl groups is 1. The van der Waals surface area contributed by atoms with E-state index < -0.39 is 0 Å².